The van der Waals surface area contributed by atoms with Crippen LogP contribution in [0.25, 0.3) is 0 Å². The molecule has 20 heavy (non-hydrogen) atoms. The van der Waals surface area contributed by atoms with E-state index in [9.17, 15) is 0 Å². The summed E-state index contributed by atoms with van der Waals surface area (Å²) in [6.07, 6.45) is 0. The zero-order valence-electron chi connectivity index (χ0n) is 11.5. The largest absolute Gasteiger partial charge is 0.496 e. The summed E-state index contributed by atoms with van der Waals surface area (Å²) in [4.78, 5) is 0. The first-order chi connectivity index (χ1) is 9.42. The predicted octanol–water partition coefficient (Wildman–Crippen LogP) is 6.17. The van der Waals surface area contributed by atoms with Gasteiger partial charge in [0, 0.05) is 14.5 Å². The summed E-state index contributed by atoms with van der Waals surface area (Å²) in [6.45, 7) is 4.09. The van der Waals surface area contributed by atoms with Crippen LogP contribution >= 0.6 is 43.5 Å². The lowest BCUT2D eigenvalue weighted by Crippen LogP contribution is -1.99. The summed E-state index contributed by atoms with van der Waals surface area (Å²) < 4.78 is 7.53. The molecule has 2 aromatic carbocycles. The second-order valence-electron chi connectivity index (χ2n) is 4.77. The van der Waals surface area contributed by atoms with E-state index in [1.54, 1.807) is 7.11 Å². The molecule has 0 amide bonds. The van der Waals surface area contributed by atoms with Gasteiger partial charge in [-0.3, -0.25) is 0 Å². The average molecular weight is 419 g/mol. The van der Waals surface area contributed by atoms with Crippen LogP contribution in [0.2, 0.25) is 0 Å². The maximum Gasteiger partial charge on any atom is 0.124 e. The first-order valence-corrected chi connectivity index (χ1v) is 8.20. The van der Waals surface area contributed by atoms with E-state index in [-0.39, 0.29) is 5.38 Å². The lowest BCUT2D eigenvalue weighted by atomic mass is 10.0. The standard InChI is InChI=1S/C16H15Br2ClO/c1-9-4-11(7-12(17)5-9)16(19)13-8-14(18)10(2)6-15(13)20-3/h4-8,16H,1-3H3. The molecule has 0 fully saturated rings. The highest BCUT2D eigenvalue weighted by Crippen LogP contribution is 2.39. The fourth-order valence-electron chi connectivity index (χ4n) is 2.14. The predicted molar refractivity (Wildman–Crippen MR) is 92.0 cm³/mol. The molecule has 0 spiro atoms. The Kier molecular flexibility index (Phi) is 5.16. The SMILES string of the molecule is COc1cc(C)c(Br)cc1C(Cl)c1cc(C)cc(Br)c1. The van der Waals surface area contributed by atoms with E-state index in [0.29, 0.717) is 0 Å². The monoisotopic (exact) mass is 416 g/mol. The molecule has 106 valence electrons. The van der Waals surface area contributed by atoms with Crippen molar-refractivity contribution in [1.29, 1.82) is 0 Å². The third-order valence-corrected chi connectivity index (χ3v) is 4.94. The summed E-state index contributed by atoms with van der Waals surface area (Å²) in [5.74, 6) is 0.809. The van der Waals surface area contributed by atoms with E-state index in [1.165, 1.54) is 5.56 Å². The molecule has 0 saturated heterocycles. The van der Waals surface area contributed by atoms with Gasteiger partial charge in [-0.05, 0) is 54.8 Å². The Morgan fingerprint density at radius 2 is 1.75 bits per heavy atom. The van der Waals surface area contributed by atoms with Crippen LogP contribution in [0.15, 0.2) is 39.3 Å². The van der Waals surface area contributed by atoms with E-state index >= 15 is 0 Å². The molecule has 0 radical (unpaired) electrons. The Labute approximate surface area is 141 Å². The summed E-state index contributed by atoms with van der Waals surface area (Å²) in [6, 6.07) is 10.2. The molecule has 0 saturated carbocycles. The topological polar surface area (TPSA) is 9.23 Å². The van der Waals surface area contributed by atoms with Crippen LogP contribution in [0.4, 0.5) is 0 Å². The summed E-state index contributed by atoms with van der Waals surface area (Å²) in [7, 11) is 1.67. The number of hydrogen-bond donors (Lipinski definition) is 0. The highest BCUT2D eigenvalue weighted by Gasteiger charge is 2.18. The molecule has 2 rings (SSSR count). The summed E-state index contributed by atoms with van der Waals surface area (Å²) in [5.41, 5.74) is 4.31. The molecule has 0 aliphatic carbocycles. The van der Waals surface area contributed by atoms with Crippen LogP contribution in [0, 0.1) is 13.8 Å². The molecule has 0 N–H and O–H groups in total. The van der Waals surface area contributed by atoms with Gasteiger partial charge < -0.3 is 4.74 Å². The minimum Gasteiger partial charge on any atom is -0.496 e. The molecule has 1 unspecified atom stereocenters. The van der Waals surface area contributed by atoms with Crippen molar-refractivity contribution >= 4 is 43.5 Å². The second-order valence-corrected chi connectivity index (χ2v) is 6.97. The van der Waals surface area contributed by atoms with Crippen molar-refractivity contribution < 1.29 is 4.74 Å². The number of hydrogen-bond acceptors (Lipinski definition) is 1. The molecule has 0 aliphatic rings. The molecule has 0 bridgehead atoms. The molecule has 1 atom stereocenters. The van der Waals surface area contributed by atoms with Crippen molar-refractivity contribution in [3.63, 3.8) is 0 Å². The number of alkyl halides is 1. The zero-order valence-corrected chi connectivity index (χ0v) is 15.4. The van der Waals surface area contributed by atoms with Crippen LogP contribution in [-0.2, 0) is 0 Å². The third-order valence-electron chi connectivity index (χ3n) is 3.14. The van der Waals surface area contributed by atoms with Gasteiger partial charge >= 0.3 is 0 Å². The van der Waals surface area contributed by atoms with Crippen molar-refractivity contribution in [2.45, 2.75) is 19.2 Å². The lowest BCUT2D eigenvalue weighted by Gasteiger charge is -2.17. The van der Waals surface area contributed by atoms with Gasteiger partial charge in [-0.25, -0.2) is 0 Å². The quantitative estimate of drug-likeness (QED) is 0.542. The maximum atomic E-state index is 6.66. The van der Waals surface area contributed by atoms with Crippen LogP contribution in [-0.4, -0.2) is 7.11 Å². The maximum absolute atomic E-state index is 6.66. The molecule has 1 nitrogen and oxygen atoms in total. The van der Waals surface area contributed by atoms with Crippen molar-refractivity contribution in [1.82, 2.24) is 0 Å². The summed E-state index contributed by atoms with van der Waals surface area (Å²) in [5, 5.41) is -0.252. The van der Waals surface area contributed by atoms with Crippen LogP contribution in [0.5, 0.6) is 5.75 Å². The highest BCUT2D eigenvalue weighted by molar-refractivity contribution is 9.10. The van der Waals surface area contributed by atoms with Gasteiger partial charge in [0.15, 0.2) is 0 Å². The van der Waals surface area contributed by atoms with Crippen molar-refractivity contribution in [2.75, 3.05) is 7.11 Å². The smallest absolute Gasteiger partial charge is 0.124 e. The van der Waals surface area contributed by atoms with Crippen LogP contribution < -0.4 is 4.74 Å². The Balaban J connectivity index is 2.52. The fraction of sp³-hybridized carbons (Fsp3) is 0.250. The van der Waals surface area contributed by atoms with E-state index in [4.69, 9.17) is 16.3 Å². The zero-order chi connectivity index (χ0) is 14.9. The first-order valence-electron chi connectivity index (χ1n) is 6.17. The number of ether oxygens (including phenoxy) is 1. The third kappa shape index (κ3) is 3.38. The minimum absolute atomic E-state index is 0.252. The van der Waals surface area contributed by atoms with Gasteiger partial charge in [0.1, 0.15) is 5.75 Å². The number of halogens is 3. The second kappa shape index (κ2) is 6.50. The van der Waals surface area contributed by atoms with Gasteiger partial charge in [0.05, 0.1) is 12.5 Å². The highest BCUT2D eigenvalue weighted by atomic mass is 79.9. The number of rotatable bonds is 3. The Bertz CT molecular complexity index is 620. The Morgan fingerprint density at radius 3 is 2.35 bits per heavy atom. The van der Waals surface area contributed by atoms with Gasteiger partial charge in [0.25, 0.3) is 0 Å². The number of methoxy groups -OCH3 is 1. The van der Waals surface area contributed by atoms with E-state index in [0.717, 1.165) is 31.4 Å². The molecule has 0 aliphatic heterocycles. The van der Waals surface area contributed by atoms with Crippen molar-refractivity contribution in [3.8, 4) is 5.75 Å². The van der Waals surface area contributed by atoms with Gasteiger partial charge in [-0.15, -0.1) is 11.6 Å². The van der Waals surface area contributed by atoms with Crippen LogP contribution in [0.1, 0.15) is 27.6 Å². The molecule has 0 heterocycles. The molecular weight excluding hydrogens is 403 g/mol. The number of aryl methyl sites for hydroxylation is 2. The Hall–Kier alpha value is -0.510. The molecule has 2 aromatic rings. The van der Waals surface area contributed by atoms with Gasteiger partial charge in [0.2, 0.25) is 0 Å². The molecule has 4 heteroatoms. The van der Waals surface area contributed by atoms with Gasteiger partial charge in [-0.1, -0.05) is 37.9 Å². The van der Waals surface area contributed by atoms with E-state index in [1.807, 2.05) is 25.1 Å². The molecule has 0 aromatic heterocycles. The number of benzene rings is 2. The normalized spacial score (nSPS) is 12.3. The minimum atomic E-state index is -0.252. The van der Waals surface area contributed by atoms with E-state index < -0.39 is 0 Å². The van der Waals surface area contributed by atoms with Gasteiger partial charge in [-0.2, -0.15) is 0 Å². The van der Waals surface area contributed by atoms with E-state index in [2.05, 4.69) is 50.9 Å². The Morgan fingerprint density at radius 1 is 1.05 bits per heavy atom. The molecular formula is C16H15Br2ClO. The van der Waals surface area contributed by atoms with Crippen molar-refractivity contribution in [2.24, 2.45) is 0 Å². The first kappa shape index (κ1) is 15.9. The average Bonchev–Trinajstić information content (AvgIpc) is 2.39. The van der Waals surface area contributed by atoms with Crippen LogP contribution in [0.3, 0.4) is 0 Å². The fourth-order valence-corrected chi connectivity index (χ4v) is 3.42. The summed E-state index contributed by atoms with van der Waals surface area (Å²) >= 11 is 13.7. The van der Waals surface area contributed by atoms with Crippen molar-refractivity contribution in [3.05, 3.63) is 61.5 Å². The lowest BCUT2D eigenvalue weighted by molar-refractivity contribution is 0.409.